The van der Waals surface area contributed by atoms with Crippen LogP contribution in [-0.2, 0) is 6.42 Å². The monoisotopic (exact) mass is 316 g/mol. The van der Waals surface area contributed by atoms with Crippen LogP contribution in [0.25, 0.3) is 10.9 Å². The van der Waals surface area contributed by atoms with Crippen molar-refractivity contribution < 1.29 is 4.58 Å². The van der Waals surface area contributed by atoms with E-state index in [1.807, 2.05) is 0 Å². The highest BCUT2D eigenvalue weighted by atomic mass is 15.3. The minimum atomic E-state index is 0.428. The Balaban J connectivity index is 1.73. The van der Waals surface area contributed by atoms with Gasteiger partial charge in [0.05, 0.1) is 5.92 Å². The van der Waals surface area contributed by atoms with E-state index in [2.05, 4.69) is 76.1 Å². The molecule has 0 amide bonds. The molecule has 3 aromatic rings. The van der Waals surface area contributed by atoms with Gasteiger partial charge in [0.1, 0.15) is 12.2 Å². The van der Waals surface area contributed by atoms with Crippen LogP contribution in [0.1, 0.15) is 22.7 Å². The van der Waals surface area contributed by atoms with E-state index < -0.39 is 0 Å². The summed E-state index contributed by atoms with van der Waals surface area (Å²) < 4.78 is 2.57. The molecule has 0 bridgehead atoms. The van der Waals surface area contributed by atoms with Gasteiger partial charge in [0.25, 0.3) is 0 Å². The zero-order valence-electron chi connectivity index (χ0n) is 14.0. The van der Waals surface area contributed by atoms with Gasteiger partial charge >= 0.3 is 0 Å². The molecule has 24 heavy (non-hydrogen) atoms. The van der Waals surface area contributed by atoms with Crippen molar-refractivity contribution in [3.8, 4) is 0 Å². The standard InChI is InChI=1S/C21H21N3/c1-23-13-18(15-7-3-2-4-8-15)21-20-17(11-12-24(21)14-23)16-9-5-6-10-19(16)22-20/h2-10,18H,11-14H2,1H3/p+1. The Morgan fingerprint density at radius 1 is 1.04 bits per heavy atom. The van der Waals surface area contributed by atoms with Crippen molar-refractivity contribution in [1.29, 1.82) is 0 Å². The van der Waals surface area contributed by atoms with Crippen LogP contribution in [0.4, 0.5) is 0 Å². The van der Waals surface area contributed by atoms with Gasteiger partial charge in [0, 0.05) is 23.9 Å². The lowest BCUT2D eigenvalue weighted by Gasteiger charge is -2.31. The van der Waals surface area contributed by atoms with Gasteiger partial charge in [0.2, 0.25) is 5.71 Å². The van der Waals surface area contributed by atoms with E-state index in [0.29, 0.717) is 5.92 Å². The normalized spacial score (nSPS) is 21.0. The number of hydrogen-bond acceptors (Lipinski definition) is 1. The number of aromatic nitrogens is 1. The van der Waals surface area contributed by atoms with Gasteiger partial charge in [-0.05, 0) is 24.2 Å². The third-order valence-corrected chi connectivity index (χ3v) is 5.48. The Labute approximate surface area is 142 Å². The van der Waals surface area contributed by atoms with Crippen molar-refractivity contribution in [1.82, 2.24) is 9.88 Å². The van der Waals surface area contributed by atoms with Crippen molar-refractivity contribution in [2.45, 2.75) is 12.3 Å². The highest BCUT2D eigenvalue weighted by molar-refractivity contribution is 6.07. The van der Waals surface area contributed by atoms with Gasteiger partial charge in [-0.25, -0.2) is 4.58 Å². The summed E-state index contributed by atoms with van der Waals surface area (Å²) in [6, 6.07) is 19.7. The summed E-state index contributed by atoms with van der Waals surface area (Å²) in [5, 5.41) is 1.39. The number of fused-ring (bicyclic) bond motifs is 4. The summed E-state index contributed by atoms with van der Waals surface area (Å²) in [5.74, 6) is 0.428. The molecule has 3 heterocycles. The lowest BCUT2D eigenvalue weighted by atomic mass is 9.86. The first-order chi connectivity index (χ1) is 11.8. The summed E-state index contributed by atoms with van der Waals surface area (Å²) in [6.07, 6.45) is 1.12. The molecule has 2 aromatic carbocycles. The molecule has 0 saturated carbocycles. The van der Waals surface area contributed by atoms with Crippen molar-refractivity contribution in [3.63, 3.8) is 0 Å². The summed E-state index contributed by atoms with van der Waals surface area (Å²) in [6.45, 7) is 3.20. The number of H-pyrrole nitrogens is 1. The van der Waals surface area contributed by atoms with E-state index in [-0.39, 0.29) is 0 Å². The molecule has 0 fully saturated rings. The van der Waals surface area contributed by atoms with Gasteiger partial charge in [0.15, 0.2) is 6.67 Å². The number of benzene rings is 2. The smallest absolute Gasteiger partial charge is 0.210 e. The van der Waals surface area contributed by atoms with Crippen molar-refractivity contribution in [3.05, 3.63) is 71.4 Å². The maximum atomic E-state index is 3.73. The van der Waals surface area contributed by atoms with E-state index in [1.165, 1.54) is 33.4 Å². The largest absolute Gasteiger partial charge is 0.350 e. The molecule has 0 radical (unpaired) electrons. The fourth-order valence-corrected chi connectivity index (χ4v) is 4.44. The molecule has 120 valence electrons. The van der Waals surface area contributed by atoms with Crippen molar-refractivity contribution in [2.24, 2.45) is 0 Å². The predicted octanol–water partition coefficient (Wildman–Crippen LogP) is 3.21. The van der Waals surface area contributed by atoms with Crippen LogP contribution in [0.5, 0.6) is 0 Å². The first kappa shape index (κ1) is 14.0. The summed E-state index contributed by atoms with van der Waals surface area (Å²) >= 11 is 0. The van der Waals surface area contributed by atoms with Gasteiger partial charge in [-0.15, -0.1) is 0 Å². The van der Waals surface area contributed by atoms with Gasteiger partial charge in [-0.1, -0.05) is 48.5 Å². The number of aromatic amines is 1. The summed E-state index contributed by atoms with van der Waals surface area (Å²) in [4.78, 5) is 6.17. The summed E-state index contributed by atoms with van der Waals surface area (Å²) in [5.41, 5.74) is 7.03. The molecule has 0 spiro atoms. The Bertz CT molecular complexity index is 936. The number of nitrogens with zero attached hydrogens (tertiary/aromatic N) is 2. The Kier molecular flexibility index (Phi) is 3.10. The number of likely N-dealkylation sites (N-methyl/N-ethyl adjacent to an activating group) is 1. The van der Waals surface area contributed by atoms with Crippen LogP contribution in [-0.4, -0.2) is 47.0 Å². The Hall–Kier alpha value is -2.39. The quantitative estimate of drug-likeness (QED) is 0.684. The second kappa shape index (κ2) is 5.32. The molecule has 1 unspecified atom stereocenters. The first-order valence-electron chi connectivity index (χ1n) is 8.76. The van der Waals surface area contributed by atoms with Gasteiger partial charge in [-0.2, -0.15) is 0 Å². The maximum absolute atomic E-state index is 3.73. The minimum Gasteiger partial charge on any atom is -0.350 e. The summed E-state index contributed by atoms with van der Waals surface area (Å²) in [7, 11) is 2.23. The average molecular weight is 316 g/mol. The number of rotatable bonds is 1. The van der Waals surface area contributed by atoms with E-state index in [4.69, 9.17) is 0 Å². The molecule has 1 N–H and O–H groups in total. The molecule has 1 aromatic heterocycles. The average Bonchev–Trinajstić information content (AvgIpc) is 3.00. The molecule has 0 aliphatic carbocycles. The van der Waals surface area contributed by atoms with E-state index in [0.717, 1.165) is 26.2 Å². The number of hydrogen-bond donors (Lipinski definition) is 1. The van der Waals surface area contributed by atoms with Crippen LogP contribution >= 0.6 is 0 Å². The van der Waals surface area contributed by atoms with E-state index >= 15 is 0 Å². The molecule has 1 atom stereocenters. The maximum Gasteiger partial charge on any atom is 0.210 e. The molecule has 3 heteroatoms. The Morgan fingerprint density at radius 2 is 1.83 bits per heavy atom. The second-order valence-electron chi connectivity index (χ2n) is 7.07. The highest BCUT2D eigenvalue weighted by Crippen LogP contribution is 2.33. The fraction of sp³-hybridized carbons (Fsp3) is 0.286. The number of para-hydroxylation sites is 1. The van der Waals surface area contributed by atoms with Gasteiger partial charge in [-0.3, -0.25) is 4.90 Å². The molecule has 5 rings (SSSR count). The van der Waals surface area contributed by atoms with Gasteiger partial charge < -0.3 is 4.98 Å². The molecule has 2 aliphatic heterocycles. The van der Waals surface area contributed by atoms with Crippen LogP contribution < -0.4 is 0 Å². The third kappa shape index (κ3) is 2.05. The van der Waals surface area contributed by atoms with Crippen LogP contribution in [0.15, 0.2) is 54.6 Å². The van der Waals surface area contributed by atoms with Crippen LogP contribution in [0.3, 0.4) is 0 Å². The topological polar surface area (TPSA) is 22.0 Å². The second-order valence-corrected chi connectivity index (χ2v) is 7.07. The van der Waals surface area contributed by atoms with Crippen molar-refractivity contribution in [2.75, 3.05) is 26.8 Å². The predicted molar refractivity (Wildman–Crippen MR) is 97.9 cm³/mol. The minimum absolute atomic E-state index is 0.428. The lowest BCUT2D eigenvalue weighted by molar-refractivity contribution is -0.555. The SMILES string of the molecule is CN1CC(c2ccccc2)C2=[N+](CCc3c2[nH]c2ccccc32)C1. The lowest BCUT2D eigenvalue weighted by Crippen LogP contribution is -2.47. The molecular weight excluding hydrogens is 294 g/mol. The first-order valence-corrected chi connectivity index (χ1v) is 8.76. The van der Waals surface area contributed by atoms with E-state index in [1.54, 1.807) is 0 Å². The fourth-order valence-electron chi connectivity index (χ4n) is 4.44. The zero-order valence-corrected chi connectivity index (χ0v) is 14.0. The molecule has 0 saturated heterocycles. The highest BCUT2D eigenvalue weighted by Gasteiger charge is 2.39. The van der Waals surface area contributed by atoms with E-state index in [9.17, 15) is 0 Å². The van der Waals surface area contributed by atoms with Crippen LogP contribution in [0, 0.1) is 0 Å². The molecular formula is C21H22N3+. The molecule has 3 nitrogen and oxygen atoms in total. The van der Waals surface area contributed by atoms with Crippen molar-refractivity contribution >= 4 is 16.6 Å². The molecule has 2 aliphatic rings. The Morgan fingerprint density at radius 3 is 2.71 bits per heavy atom. The third-order valence-electron chi connectivity index (χ3n) is 5.48. The zero-order chi connectivity index (χ0) is 16.1. The number of nitrogens with one attached hydrogen (secondary N) is 1. The van der Waals surface area contributed by atoms with Crippen LogP contribution in [0.2, 0.25) is 0 Å².